The Bertz CT molecular complexity index is 454. The van der Waals surface area contributed by atoms with Crippen LogP contribution >= 0.6 is 0 Å². The van der Waals surface area contributed by atoms with Crippen LogP contribution in [0, 0.1) is 12.8 Å². The first-order valence-electron chi connectivity index (χ1n) is 7.33. The molecule has 1 aliphatic carbocycles. The van der Waals surface area contributed by atoms with Crippen LogP contribution in [0.15, 0.2) is 18.2 Å². The average Bonchev–Trinajstić information content (AvgIpc) is 2.40. The van der Waals surface area contributed by atoms with Crippen molar-refractivity contribution >= 4 is 5.69 Å². The highest BCUT2D eigenvalue weighted by atomic mass is 19.4. The third-order valence-corrected chi connectivity index (χ3v) is 4.23. The fraction of sp³-hybridized carbons (Fsp3) is 0.625. The summed E-state index contributed by atoms with van der Waals surface area (Å²) >= 11 is 0. The summed E-state index contributed by atoms with van der Waals surface area (Å²) in [4.78, 5) is 0. The highest BCUT2D eigenvalue weighted by Gasteiger charge is 2.42. The Morgan fingerprint density at radius 1 is 1.25 bits per heavy atom. The molecule has 1 saturated carbocycles. The molecule has 1 aliphatic rings. The van der Waals surface area contributed by atoms with Crippen LogP contribution in [0.1, 0.15) is 43.7 Å². The van der Waals surface area contributed by atoms with Crippen molar-refractivity contribution in [2.24, 2.45) is 5.92 Å². The lowest BCUT2D eigenvalue weighted by Crippen LogP contribution is -2.35. The molecule has 0 saturated heterocycles. The number of hydrogen-bond donors (Lipinski definition) is 1. The second-order valence-corrected chi connectivity index (χ2v) is 5.71. The molecule has 1 nitrogen and oxygen atoms in total. The number of rotatable bonds is 3. The molecule has 1 fully saturated rings. The van der Waals surface area contributed by atoms with E-state index in [2.05, 4.69) is 12.2 Å². The van der Waals surface area contributed by atoms with Gasteiger partial charge in [0, 0.05) is 11.7 Å². The van der Waals surface area contributed by atoms with Crippen molar-refractivity contribution in [1.82, 2.24) is 0 Å². The van der Waals surface area contributed by atoms with Crippen molar-refractivity contribution < 1.29 is 13.2 Å². The van der Waals surface area contributed by atoms with Crippen LogP contribution in [-0.4, -0.2) is 12.2 Å². The lowest BCUT2D eigenvalue weighted by Gasteiger charge is -2.32. The van der Waals surface area contributed by atoms with Gasteiger partial charge in [0.15, 0.2) is 0 Å². The van der Waals surface area contributed by atoms with E-state index < -0.39 is 12.1 Å². The van der Waals surface area contributed by atoms with E-state index in [0.717, 1.165) is 24.1 Å². The molecule has 1 aromatic carbocycles. The van der Waals surface area contributed by atoms with Crippen LogP contribution in [0.4, 0.5) is 18.9 Å². The van der Waals surface area contributed by atoms with Gasteiger partial charge in [-0.05, 0) is 43.7 Å². The van der Waals surface area contributed by atoms with Crippen LogP contribution in [-0.2, 0) is 6.42 Å². The molecule has 0 bridgehead atoms. The van der Waals surface area contributed by atoms with Gasteiger partial charge in [0.05, 0.1) is 5.92 Å². The van der Waals surface area contributed by atoms with Crippen LogP contribution in [0.5, 0.6) is 0 Å². The predicted octanol–water partition coefficient (Wildman–Crippen LogP) is 5.09. The Balaban J connectivity index is 2.10. The zero-order valence-corrected chi connectivity index (χ0v) is 12.1. The number of hydrogen-bond acceptors (Lipinski definition) is 1. The first kappa shape index (κ1) is 15.2. The number of alkyl halides is 3. The van der Waals surface area contributed by atoms with Crippen LogP contribution in [0.2, 0.25) is 0 Å². The van der Waals surface area contributed by atoms with Gasteiger partial charge in [-0.2, -0.15) is 13.2 Å². The molecule has 0 heterocycles. The summed E-state index contributed by atoms with van der Waals surface area (Å²) < 4.78 is 38.6. The summed E-state index contributed by atoms with van der Waals surface area (Å²) in [6.07, 6.45) is -1.23. The molecule has 20 heavy (non-hydrogen) atoms. The third kappa shape index (κ3) is 3.47. The molecule has 0 radical (unpaired) electrons. The molecule has 4 heteroatoms. The molecule has 2 unspecified atom stereocenters. The maximum Gasteiger partial charge on any atom is 0.391 e. The minimum Gasteiger partial charge on any atom is -0.382 e. The number of anilines is 1. The van der Waals surface area contributed by atoms with E-state index in [4.69, 9.17) is 0 Å². The largest absolute Gasteiger partial charge is 0.391 e. The van der Waals surface area contributed by atoms with E-state index in [0.29, 0.717) is 6.42 Å². The fourth-order valence-electron chi connectivity index (χ4n) is 3.05. The molecule has 0 aliphatic heterocycles. The Labute approximate surface area is 118 Å². The quantitative estimate of drug-likeness (QED) is 0.815. The van der Waals surface area contributed by atoms with Gasteiger partial charge in [0.2, 0.25) is 0 Å². The minimum absolute atomic E-state index is 0.0678. The number of benzene rings is 1. The van der Waals surface area contributed by atoms with Gasteiger partial charge >= 0.3 is 6.18 Å². The SMILES string of the molecule is CCc1cccc(C)c1NC1CCCC(C(F)(F)F)C1. The molecular weight excluding hydrogens is 263 g/mol. The monoisotopic (exact) mass is 285 g/mol. The van der Waals surface area contributed by atoms with Crippen LogP contribution in [0.25, 0.3) is 0 Å². The fourth-order valence-corrected chi connectivity index (χ4v) is 3.05. The van der Waals surface area contributed by atoms with Crippen LogP contribution in [0.3, 0.4) is 0 Å². The molecule has 0 aromatic heterocycles. The Morgan fingerprint density at radius 2 is 2.00 bits per heavy atom. The zero-order valence-electron chi connectivity index (χ0n) is 12.1. The summed E-state index contributed by atoms with van der Waals surface area (Å²) in [5.74, 6) is -1.15. The minimum atomic E-state index is -4.06. The highest BCUT2D eigenvalue weighted by molar-refractivity contribution is 5.57. The predicted molar refractivity (Wildman–Crippen MR) is 76.0 cm³/mol. The van der Waals surface area contributed by atoms with Crippen LogP contribution < -0.4 is 5.32 Å². The summed E-state index contributed by atoms with van der Waals surface area (Å²) in [6.45, 7) is 4.07. The van der Waals surface area contributed by atoms with Crippen molar-refractivity contribution in [1.29, 1.82) is 0 Å². The van der Waals surface area contributed by atoms with Crippen molar-refractivity contribution in [3.63, 3.8) is 0 Å². The summed E-state index contributed by atoms with van der Waals surface area (Å²) in [5.41, 5.74) is 3.32. The van der Waals surface area contributed by atoms with Gasteiger partial charge in [-0.1, -0.05) is 31.5 Å². The molecular formula is C16H22F3N. The molecule has 2 rings (SSSR count). The maximum atomic E-state index is 12.9. The van der Waals surface area contributed by atoms with E-state index in [1.807, 2.05) is 25.1 Å². The average molecular weight is 285 g/mol. The van der Waals surface area contributed by atoms with E-state index >= 15 is 0 Å². The van der Waals surface area contributed by atoms with E-state index in [-0.39, 0.29) is 18.9 Å². The normalized spacial score (nSPS) is 23.6. The zero-order chi connectivity index (χ0) is 14.8. The van der Waals surface area contributed by atoms with Crippen molar-refractivity contribution in [3.8, 4) is 0 Å². The molecule has 0 amide bonds. The standard InChI is InChI=1S/C16H22F3N/c1-3-12-7-4-6-11(2)15(12)20-14-9-5-8-13(10-14)16(17,18)19/h4,6-7,13-14,20H,3,5,8-10H2,1-2H3. The Morgan fingerprint density at radius 3 is 2.65 bits per heavy atom. The molecule has 1 aromatic rings. The lowest BCUT2D eigenvalue weighted by molar-refractivity contribution is -0.182. The van der Waals surface area contributed by atoms with E-state index in [1.54, 1.807) is 0 Å². The second kappa shape index (κ2) is 6.06. The lowest BCUT2D eigenvalue weighted by atomic mass is 9.85. The first-order valence-corrected chi connectivity index (χ1v) is 7.33. The van der Waals surface area contributed by atoms with Gasteiger partial charge in [-0.3, -0.25) is 0 Å². The summed E-state index contributed by atoms with van der Waals surface area (Å²) in [7, 11) is 0. The van der Waals surface area contributed by atoms with E-state index in [9.17, 15) is 13.2 Å². The van der Waals surface area contributed by atoms with Gasteiger partial charge in [-0.25, -0.2) is 0 Å². The first-order chi connectivity index (χ1) is 9.41. The summed E-state index contributed by atoms with van der Waals surface area (Å²) in [6, 6.07) is 5.98. The number of para-hydroxylation sites is 1. The molecule has 2 atom stereocenters. The Hall–Kier alpha value is -1.19. The molecule has 1 N–H and O–H groups in total. The topological polar surface area (TPSA) is 12.0 Å². The van der Waals surface area contributed by atoms with E-state index in [1.165, 1.54) is 5.56 Å². The third-order valence-electron chi connectivity index (χ3n) is 4.23. The van der Waals surface area contributed by atoms with Gasteiger partial charge in [0.25, 0.3) is 0 Å². The maximum absolute atomic E-state index is 12.9. The Kier molecular flexibility index (Phi) is 4.61. The second-order valence-electron chi connectivity index (χ2n) is 5.71. The van der Waals surface area contributed by atoms with Gasteiger partial charge in [0.1, 0.15) is 0 Å². The van der Waals surface area contributed by atoms with Gasteiger partial charge in [-0.15, -0.1) is 0 Å². The molecule has 112 valence electrons. The summed E-state index contributed by atoms with van der Waals surface area (Å²) in [5, 5.41) is 3.37. The number of aryl methyl sites for hydroxylation is 2. The number of halogens is 3. The smallest absolute Gasteiger partial charge is 0.382 e. The van der Waals surface area contributed by atoms with Gasteiger partial charge < -0.3 is 5.32 Å². The van der Waals surface area contributed by atoms with Crippen molar-refractivity contribution in [2.45, 2.75) is 58.2 Å². The van der Waals surface area contributed by atoms with Crippen molar-refractivity contribution in [2.75, 3.05) is 5.32 Å². The highest BCUT2D eigenvalue weighted by Crippen LogP contribution is 2.38. The van der Waals surface area contributed by atoms with Crippen molar-refractivity contribution in [3.05, 3.63) is 29.3 Å². The molecule has 0 spiro atoms. The number of nitrogens with one attached hydrogen (secondary N) is 1.